The predicted molar refractivity (Wildman–Crippen MR) is 96.5 cm³/mol. The number of rotatable bonds is 6. The van der Waals surface area contributed by atoms with Gasteiger partial charge in [-0.05, 0) is 49.3 Å². The predicted octanol–water partition coefficient (Wildman–Crippen LogP) is 2.34. The van der Waals surface area contributed by atoms with Crippen LogP contribution >= 0.6 is 11.5 Å². The average Bonchev–Trinajstić information content (AvgIpc) is 3.12. The van der Waals surface area contributed by atoms with Crippen molar-refractivity contribution in [3.8, 4) is 0 Å². The van der Waals surface area contributed by atoms with Crippen LogP contribution in [0.1, 0.15) is 60.7 Å². The van der Waals surface area contributed by atoms with Crippen LogP contribution in [0.2, 0.25) is 0 Å². The molecule has 2 amide bonds. The van der Waals surface area contributed by atoms with E-state index in [-0.39, 0.29) is 29.6 Å². The van der Waals surface area contributed by atoms with Crippen LogP contribution in [0.4, 0.5) is 0 Å². The summed E-state index contributed by atoms with van der Waals surface area (Å²) in [7, 11) is 0. The van der Waals surface area contributed by atoms with Gasteiger partial charge in [0.1, 0.15) is 0 Å². The van der Waals surface area contributed by atoms with Crippen molar-refractivity contribution in [3.05, 3.63) is 41.2 Å². The van der Waals surface area contributed by atoms with E-state index in [9.17, 15) is 9.59 Å². The van der Waals surface area contributed by atoms with Crippen LogP contribution in [0.25, 0.3) is 0 Å². The van der Waals surface area contributed by atoms with Gasteiger partial charge in [0.05, 0.1) is 5.69 Å². The van der Waals surface area contributed by atoms with Gasteiger partial charge in [-0.3, -0.25) is 14.6 Å². The SMILES string of the molecule is O=C(NC1CCCC1)[C@@H](c1ccccn1)N(C(=O)c1csnn1)C1CC1. The zero-order valence-electron chi connectivity index (χ0n) is 14.4. The molecule has 0 radical (unpaired) electrons. The molecule has 7 nitrogen and oxygen atoms in total. The van der Waals surface area contributed by atoms with Gasteiger partial charge in [-0.1, -0.05) is 23.4 Å². The van der Waals surface area contributed by atoms with Crippen molar-refractivity contribution in [1.82, 2.24) is 24.8 Å². The van der Waals surface area contributed by atoms with Crippen molar-refractivity contribution < 1.29 is 9.59 Å². The summed E-state index contributed by atoms with van der Waals surface area (Å²) in [5.74, 6) is -0.405. The highest BCUT2D eigenvalue weighted by atomic mass is 32.1. The van der Waals surface area contributed by atoms with E-state index in [0.717, 1.165) is 50.1 Å². The van der Waals surface area contributed by atoms with Gasteiger partial charge >= 0.3 is 0 Å². The van der Waals surface area contributed by atoms with E-state index in [0.29, 0.717) is 5.69 Å². The van der Waals surface area contributed by atoms with Crippen LogP contribution in [-0.4, -0.2) is 43.4 Å². The van der Waals surface area contributed by atoms with E-state index in [2.05, 4.69) is 19.9 Å². The minimum atomic E-state index is -0.738. The molecule has 2 aromatic rings. The third-order valence-corrected chi connectivity index (χ3v) is 5.45. The lowest BCUT2D eigenvalue weighted by molar-refractivity contribution is -0.127. The Kier molecular flexibility index (Phi) is 4.92. The van der Waals surface area contributed by atoms with Gasteiger partial charge in [0.2, 0.25) is 5.91 Å². The Morgan fingerprint density at radius 1 is 1.19 bits per heavy atom. The number of hydrogen-bond donors (Lipinski definition) is 1. The van der Waals surface area contributed by atoms with Gasteiger partial charge in [0, 0.05) is 23.7 Å². The molecular weight excluding hydrogens is 350 g/mol. The number of nitrogens with zero attached hydrogens (tertiary/aromatic N) is 4. The first-order valence-corrected chi connectivity index (χ1v) is 9.88. The van der Waals surface area contributed by atoms with E-state index >= 15 is 0 Å². The smallest absolute Gasteiger partial charge is 0.276 e. The third kappa shape index (κ3) is 3.60. The third-order valence-electron chi connectivity index (χ3n) is 4.95. The summed E-state index contributed by atoms with van der Waals surface area (Å²) in [4.78, 5) is 32.3. The summed E-state index contributed by atoms with van der Waals surface area (Å²) in [6.07, 6.45) is 7.70. The standard InChI is InChI=1S/C18H21N5O2S/c24-17(20-12-5-1-2-6-12)16(14-7-3-4-10-19-14)23(13-8-9-13)18(25)15-11-26-22-21-15/h3-4,7,10-13,16H,1-2,5-6,8-9H2,(H,20,24)/t16-/m1/s1. The minimum absolute atomic E-state index is 0.0468. The van der Waals surface area contributed by atoms with Crippen LogP contribution in [0.5, 0.6) is 0 Å². The van der Waals surface area contributed by atoms with Gasteiger partial charge in [0.15, 0.2) is 11.7 Å². The normalized spacial score (nSPS) is 18.5. The molecule has 0 aromatic carbocycles. The topological polar surface area (TPSA) is 88.1 Å². The highest BCUT2D eigenvalue weighted by Gasteiger charge is 2.43. The van der Waals surface area contributed by atoms with Crippen LogP contribution in [0, 0.1) is 0 Å². The minimum Gasteiger partial charge on any atom is -0.351 e. The number of amides is 2. The molecule has 2 saturated carbocycles. The molecule has 26 heavy (non-hydrogen) atoms. The van der Waals surface area contributed by atoms with E-state index in [1.807, 2.05) is 12.1 Å². The van der Waals surface area contributed by atoms with Crippen molar-refractivity contribution in [2.45, 2.75) is 56.7 Å². The van der Waals surface area contributed by atoms with E-state index in [4.69, 9.17) is 0 Å². The number of pyridine rings is 1. The summed E-state index contributed by atoms with van der Waals surface area (Å²) in [5, 5.41) is 8.67. The maximum atomic E-state index is 13.2. The zero-order valence-corrected chi connectivity index (χ0v) is 15.2. The number of carbonyl (C=O) groups excluding carboxylic acids is 2. The Hall–Kier alpha value is -2.35. The molecule has 0 spiro atoms. The monoisotopic (exact) mass is 371 g/mol. The second kappa shape index (κ2) is 7.49. The highest BCUT2D eigenvalue weighted by Crippen LogP contribution is 2.35. The Morgan fingerprint density at radius 2 is 2.00 bits per heavy atom. The molecule has 2 aliphatic rings. The molecule has 4 rings (SSSR count). The van der Waals surface area contributed by atoms with Gasteiger partial charge in [-0.15, -0.1) is 5.10 Å². The molecule has 8 heteroatoms. The first-order chi connectivity index (χ1) is 12.7. The summed E-state index contributed by atoms with van der Waals surface area (Å²) in [6.45, 7) is 0. The summed E-state index contributed by atoms with van der Waals surface area (Å²) < 4.78 is 3.79. The summed E-state index contributed by atoms with van der Waals surface area (Å²) in [6, 6.07) is 4.96. The molecule has 0 bridgehead atoms. The fraction of sp³-hybridized carbons (Fsp3) is 0.500. The fourth-order valence-corrected chi connectivity index (χ4v) is 3.96. The zero-order chi connectivity index (χ0) is 17.9. The van der Waals surface area contributed by atoms with Crippen LogP contribution < -0.4 is 5.32 Å². The van der Waals surface area contributed by atoms with Gasteiger partial charge in [-0.25, -0.2) is 0 Å². The number of hydrogen-bond acceptors (Lipinski definition) is 6. The Balaban J connectivity index is 1.65. The summed E-state index contributed by atoms with van der Waals surface area (Å²) in [5.41, 5.74) is 0.878. The first-order valence-electron chi connectivity index (χ1n) is 9.05. The van der Waals surface area contributed by atoms with Crippen molar-refractivity contribution in [2.75, 3.05) is 0 Å². The number of nitrogens with one attached hydrogen (secondary N) is 1. The van der Waals surface area contributed by atoms with E-state index in [1.165, 1.54) is 0 Å². The Bertz CT molecular complexity index is 757. The first kappa shape index (κ1) is 17.1. The van der Waals surface area contributed by atoms with Crippen LogP contribution in [-0.2, 0) is 4.79 Å². The molecule has 0 unspecified atom stereocenters. The van der Waals surface area contributed by atoms with Crippen LogP contribution in [0.15, 0.2) is 29.8 Å². The second-order valence-electron chi connectivity index (χ2n) is 6.88. The molecule has 1 atom stereocenters. The van der Waals surface area contributed by atoms with Crippen LogP contribution in [0.3, 0.4) is 0 Å². The Morgan fingerprint density at radius 3 is 2.62 bits per heavy atom. The average molecular weight is 371 g/mol. The molecule has 1 N–H and O–H groups in total. The lowest BCUT2D eigenvalue weighted by Gasteiger charge is -2.31. The summed E-state index contributed by atoms with van der Waals surface area (Å²) >= 11 is 1.13. The maximum absolute atomic E-state index is 13.2. The quantitative estimate of drug-likeness (QED) is 0.842. The van der Waals surface area contributed by atoms with Gasteiger partial charge in [-0.2, -0.15) is 0 Å². The maximum Gasteiger partial charge on any atom is 0.276 e. The molecule has 136 valence electrons. The van der Waals surface area contributed by atoms with Crippen molar-refractivity contribution in [1.29, 1.82) is 0 Å². The lowest BCUT2D eigenvalue weighted by Crippen LogP contribution is -2.47. The van der Waals surface area contributed by atoms with Crippen molar-refractivity contribution in [2.24, 2.45) is 0 Å². The van der Waals surface area contributed by atoms with Crippen molar-refractivity contribution in [3.63, 3.8) is 0 Å². The molecule has 2 aliphatic carbocycles. The highest BCUT2D eigenvalue weighted by molar-refractivity contribution is 7.03. The van der Waals surface area contributed by atoms with Crippen molar-refractivity contribution >= 4 is 23.3 Å². The molecule has 2 aromatic heterocycles. The largest absolute Gasteiger partial charge is 0.351 e. The van der Waals surface area contributed by atoms with Gasteiger partial charge < -0.3 is 10.2 Å². The van der Waals surface area contributed by atoms with E-state index in [1.54, 1.807) is 22.5 Å². The second-order valence-corrected chi connectivity index (χ2v) is 7.49. The van der Waals surface area contributed by atoms with Gasteiger partial charge in [0.25, 0.3) is 5.91 Å². The molecule has 2 fully saturated rings. The Labute approximate surface area is 156 Å². The molecular formula is C18H21N5O2S. The number of aromatic nitrogens is 3. The van der Waals surface area contributed by atoms with E-state index < -0.39 is 6.04 Å². The lowest BCUT2D eigenvalue weighted by atomic mass is 10.1. The number of carbonyl (C=O) groups is 2. The molecule has 2 heterocycles. The molecule has 0 aliphatic heterocycles. The molecule has 0 saturated heterocycles. The fourth-order valence-electron chi connectivity index (χ4n) is 3.53.